The second-order valence-electron chi connectivity index (χ2n) is 14.5. The molecule has 4 heteroatoms. The molecular formula is C51H35N3S. The molecule has 0 saturated heterocycles. The number of hydrogen-bond acceptors (Lipinski definition) is 3. The van der Waals surface area contributed by atoms with E-state index in [0.29, 0.717) is 11.5 Å². The number of aliphatic imine (C=N–C) groups is 2. The van der Waals surface area contributed by atoms with Gasteiger partial charge in [-0.05, 0) is 88.3 Å². The average Bonchev–Trinajstić information content (AvgIpc) is 3.77. The standard InChI is InChI=1S/C51H35N3S/c1-32-43-28-35-16-5-7-18-37(35)30-46(43)54-47-31-38-19-8-6-17-36(38)29-44(47)40-23-11-20-34(49(40)54)21-12-26-45(33-14-3-2-4-15-33)53-51(52-32)42-25-13-24-41-39-22-9-10-27-48(39)55-50(41)42/h2-11,13-20,22-25,27-31H,1,12,21,26H2. The van der Waals surface area contributed by atoms with E-state index in [1.165, 1.54) is 63.7 Å². The Morgan fingerprint density at radius 3 is 2.04 bits per heavy atom. The number of thiophene rings is 1. The largest absolute Gasteiger partial charge is 0.308 e. The average molecular weight is 722 g/mol. The van der Waals surface area contributed by atoms with Gasteiger partial charge in [-0.2, -0.15) is 0 Å². The highest BCUT2D eigenvalue weighted by molar-refractivity contribution is 7.26. The van der Waals surface area contributed by atoms with Crippen molar-refractivity contribution >= 4 is 92.1 Å². The van der Waals surface area contributed by atoms with Crippen molar-refractivity contribution in [1.82, 2.24) is 4.57 Å². The van der Waals surface area contributed by atoms with E-state index in [2.05, 4.69) is 168 Å². The molecule has 1 aliphatic heterocycles. The summed E-state index contributed by atoms with van der Waals surface area (Å²) in [6, 6.07) is 59.3. The van der Waals surface area contributed by atoms with Crippen molar-refractivity contribution in [2.45, 2.75) is 19.3 Å². The lowest BCUT2D eigenvalue weighted by molar-refractivity contribution is 0.868. The molecule has 0 spiro atoms. The lowest BCUT2D eigenvalue weighted by atomic mass is 9.99. The topological polar surface area (TPSA) is 29.6 Å². The van der Waals surface area contributed by atoms with Gasteiger partial charge in [0.25, 0.3) is 0 Å². The molecule has 10 aromatic rings. The van der Waals surface area contributed by atoms with Crippen molar-refractivity contribution in [3.05, 3.63) is 193 Å². The first-order chi connectivity index (χ1) is 27.2. The number of rotatable bonds is 2. The minimum atomic E-state index is 0.678. The van der Waals surface area contributed by atoms with Crippen LogP contribution in [0.1, 0.15) is 35.1 Å². The van der Waals surface area contributed by atoms with Gasteiger partial charge in [0.1, 0.15) is 0 Å². The molecule has 0 atom stereocenters. The maximum absolute atomic E-state index is 5.56. The molecule has 11 rings (SSSR count). The third kappa shape index (κ3) is 5.25. The molecule has 2 aromatic heterocycles. The maximum atomic E-state index is 5.56. The summed E-state index contributed by atoms with van der Waals surface area (Å²) in [7, 11) is 0. The van der Waals surface area contributed by atoms with E-state index in [-0.39, 0.29) is 0 Å². The molecular weight excluding hydrogens is 687 g/mol. The molecule has 0 radical (unpaired) electrons. The summed E-state index contributed by atoms with van der Waals surface area (Å²) in [6.45, 7) is 4.78. The number of fused-ring (bicyclic) bond motifs is 10. The SMILES string of the molecule is C=C1N=C(c2cccc3c2sc2ccccc23)N=C(c2ccccc2)CCCc2cccc3c4cc5ccccc5cc4n(c23)-c2cc3ccccc3cc21. The lowest BCUT2D eigenvalue weighted by Crippen LogP contribution is -2.08. The van der Waals surface area contributed by atoms with Crippen LogP contribution in [0.2, 0.25) is 0 Å². The van der Waals surface area contributed by atoms with Gasteiger partial charge in [0, 0.05) is 42.1 Å². The molecule has 3 nitrogen and oxygen atoms in total. The third-order valence-corrected chi connectivity index (χ3v) is 12.5. The van der Waals surface area contributed by atoms with Crippen LogP contribution in [0.3, 0.4) is 0 Å². The van der Waals surface area contributed by atoms with Gasteiger partial charge in [0.15, 0.2) is 5.84 Å². The Morgan fingerprint density at radius 1 is 0.527 bits per heavy atom. The zero-order valence-corrected chi connectivity index (χ0v) is 31.0. The quantitative estimate of drug-likeness (QED) is 0.170. The Morgan fingerprint density at radius 2 is 1.20 bits per heavy atom. The van der Waals surface area contributed by atoms with E-state index in [9.17, 15) is 0 Å². The second-order valence-corrected chi connectivity index (χ2v) is 15.6. The molecule has 0 fully saturated rings. The predicted octanol–water partition coefficient (Wildman–Crippen LogP) is 13.7. The van der Waals surface area contributed by atoms with Gasteiger partial charge in [-0.25, -0.2) is 9.98 Å². The van der Waals surface area contributed by atoms with Gasteiger partial charge < -0.3 is 4.57 Å². The molecule has 0 N–H and O–H groups in total. The van der Waals surface area contributed by atoms with Gasteiger partial charge >= 0.3 is 0 Å². The molecule has 8 aromatic carbocycles. The first-order valence-electron chi connectivity index (χ1n) is 19.0. The maximum Gasteiger partial charge on any atom is 0.161 e. The molecule has 55 heavy (non-hydrogen) atoms. The molecule has 260 valence electrons. The van der Waals surface area contributed by atoms with Crippen molar-refractivity contribution in [3.63, 3.8) is 0 Å². The van der Waals surface area contributed by atoms with Crippen molar-refractivity contribution < 1.29 is 0 Å². The molecule has 0 bridgehead atoms. The van der Waals surface area contributed by atoms with Crippen molar-refractivity contribution in [2.75, 3.05) is 0 Å². The van der Waals surface area contributed by atoms with E-state index in [1.807, 2.05) is 11.3 Å². The fourth-order valence-corrected chi connectivity index (χ4v) is 9.86. The summed E-state index contributed by atoms with van der Waals surface area (Å²) in [5.41, 5.74) is 9.65. The summed E-state index contributed by atoms with van der Waals surface area (Å²) in [5.74, 6) is 0.686. The van der Waals surface area contributed by atoms with Crippen LogP contribution in [0.5, 0.6) is 0 Å². The zero-order chi connectivity index (χ0) is 36.5. The fourth-order valence-electron chi connectivity index (χ4n) is 8.64. The van der Waals surface area contributed by atoms with Crippen LogP contribution in [0.15, 0.2) is 180 Å². The first-order valence-corrected chi connectivity index (χ1v) is 19.8. The van der Waals surface area contributed by atoms with E-state index >= 15 is 0 Å². The number of aromatic nitrogens is 1. The Balaban J connectivity index is 1.25. The molecule has 1 aliphatic rings. The number of benzene rings is 8. The van der Waals surface area contributed by atoms with Gasteiger partial charge in [-0.15, -0.1) is 11.3 Å². The Kier molecular flexibility index (Phi) is 7.39. The molecule has 0 saturated carbocycles. The lowest BCUT2D eigenvalue weighted by Gasteiger charge is -2.17. The molecule has 3 heterocycles. The van der Waals surface area contributed by atoms with Gasteiger partial charge in [0.2, 0.25) is 0 Å². The van der Waals surface area contributed by atoms with Crippen LogP contribution < -0.4 is 0 Å². The monoisotopic (exact) mass is 721 g/mol. The molecule has 0 aliphatic carbocycles. The van der Waals surface area contributed by atoms with E-state index in [0.717, 1.165) is 52.7 Å². The predicted molar refractivity (Wildman–Crippen MR) is 237 cm³/mol. The van der Waals surface area contributed by atoms with Crippen molar-refractivity contribution in [2.24, 2.45) is 9.98 Å². The van der Waals surface area contributed by atoms with E-state index in [1.54, 1.807) is 0 Å². The van der Waals surface area contributed by atoms with E-state index < -0.39 is 0 Å². The zero-order valence-electron chi connectivity index (χ0n) is 30.2. The number of aryl methyl sites for hydroxylation is 1. The summed E-state index contributed by atoms with van der Waals surface area (Å²) < 4.78 is 4.94. The Bertz CT molecular complexity index is 3250. The Labute approximate surface area is 322 Å². The Hall–Kier alpha value is -6.62. The smallest absolute Gasteiger partial charge is 0.161 e. The van der Waals surface area contributed by atoms with Crippen molar-refractivity contribution in [1.29, 1.82) is 0 Å². The highest BCUT2D eigenvalue weighted by Crippen LogP contribution is 2.41. The number of para-hydroxylation sites is 1. The summed E-state index contributed by atoms with van der Waals surface area (Å²) in [4.78, 5) is 11.1. The van der Waals surface area contributed by atoms with Crippen molar-refractivity contribution in [3.8, 4) is 5.69 Å². The summed E-state index contributed by atoms with van der Waals surface area (Å²) >= 11 is 1.81. The van der Waals surface area contributed by atoms with Crippen LogP contribution in [-0.4, -0.2) is 16.1 Å². The van der Waals surface area contributed by atoms with Crippen LogP contribution in [0.4, 0.5) is 0 Å². The van der Waals surface area contributed by atoms with E-state index in [4.69, 9.17) is 16.6 Å². The normalized spacial score (nSPS) is 13.9. The number of hydrogen-bond donors (Lipinski definition) is 0. The highest BCUT2D eigenvalue weighted by atomic mass is 32.1. The minimum Gasteiger partial charge on any atom is -0.308 e. The minimum absolute atomic E-state index is 0.678. The van der Waals surface area contributed by atoms with Gasteiger partial charge in [-0.3, -0.25) is 0 Å². The van der Waals surface area contributed by atoms with Gasteiger partial charge in [-0.1, -0.05) is 134 Å². The molecule has 0 unspecified atom stereocenters. The number of nitrogens with zero attached hydrogens (tertiary/aromatic N) is 3. The molecule has 0 amide bonds. The van der Waals surface area contributed by atoms with Crippen LogP contribution >= 0.6 is 11.3 Å². The highest BCUT2D eigenvalue weighted by Gasteiger charge is 2.22. The number of amidine groups is 1. The summed E-state index contributed by atoms with van der Waals surface area (Å²) in [5, 5.41) is 9.77. The summed E-state index contributed by atoms with van der Waals surface area (Å²) in [6.07, 6.45) is 2.64. The second kappa shape index (κ2) is 12.8. The van der Waals surface area contributed by atoms with Crippen LogP contribution in [-0.2, 0) is 6.42 Å². The first kappa shape index (κ1) is 31.9. The fraction of sp³-hybridized carbons (Fsp3) is 0.0588. The van der Waals surface area contributed by atoms with Crippen LogP contribution in [0, 0.1) is 0 Å². The third-order valence-electron chi connectivity index (χ3n) is 11.2. The van der Waals surface area contributed by atoms with Crippen LogP contribution in [0.25, 0.3) is 74.9 Å². The van der Waals surface area contributed by atoms with Gasteiger partial charge in [0.05, 0.1) is 28.1 Å².